The molecule has 1 aliphatic heterocycles. The molecule has 0 radical (unpaired) electrons. The zero-order valence-electron chi connectivity index (χ0n) is 9.49. The minimum absolute atomic E-state index is 0.119. The SMILES string of the molecule is Cc1cncc(B2OCC(C)(C)CO2)c1. The van der Waals surface area contributed by atoms with Crippen molar-refractivity contribution in [3.63, 3.8) is 0 Å². The summed E-state index contributed by atoms with van der Waals surface area (Å²) in [5, 5.41) is 0. The summed E-state index contributed by atoms with van der Waals surface area (Å²) in [6.45, 7) is 7.75. The lowest BCUT2D eigenvalue weighted by Gasteiger charge is -2.33. The van der Waals surface area contributed by atoms with E-state index >= 15 is 0 Å². The minimum Gasteiger partial charge on any atom is -0.407 e. The van der Waals surface area contributed by atoms with Gasteiger partial charge in [-0.1, -0.05) is 19.9 Å². The number of hydrogen-bond acceptors (Lipinski definition) is 3. The van der Waals surface area contributed by atoms with Crippen LogP contribution < -0.4 is 5.46 Å². The number of rotatable bonds is 1. The summed E-state index contributed by atoms with van der Waals surface area (Å²) in [6.07, 6.45) is 3.63. The molecular formula is C11H16BNO2. The maximum Gasteiger partial charge on any atom is 0.495 e. The number of nitrogens with zero attached hydrogens (tertiary/aromatic N) is 1. The van der Waals surface area contributed by atoms with Gasteiger partial charge in [-0.3, -0.25) is 4.98 Å². The highest BCUT2D eigenvalue weighted by atomic mass is 16.6. The van der Waals surface area contributed by atoms with Crippen LogP contribution in [0.3, 0.4) is 0 Å². The number of pyridine rings is 1. The molecule has 0 saturated carbocycles. The van der Waals surface area contributed by atoms with E-state index in [1.165, 1.54) is 0 Å². The highest BCUT2D eigenvalue weighted by molar-refractivity contribution is 6.61. The van der Waals surface area contributed by atoms with Crippen LogP contribution in [0.4, 0.5) is 0 Å². The third-order valence-corrected chi connectivity index (χ3v) is 2.42. The van der Waals surface area contributed by atoms with Gasteiger partial charge in [0.2, 0.25) is 0 Å². The van der Waals surface area contributed by atoms with E-state index in [0.29, 0.717) is 0 Å². The Morgan fingerprint density at radius 2 is 1.93 bits per heavy atom. The monoisotopic (exact) mass is 205 g/mol. The van der Waals surface area contributed by atoms with Gasteiger partial charge in [0.25, 0.3) is 0 Å². The second-order valence-corrected chi connectivity index (χ2v) is 4.91. The molecule has 2 heterocycles. The van der Waals surface area contributed by atoms with Crippen LogP contribution in [0.2, 0.25) is 0 Å². The highest BCUT2D eigenvalue weighted by Crippen LogP contribution is 2.21. The van der Waals surface area contributed by atoms with Crippen molar-refractivity contribution in [2.75, 3.05) is 13.2 Å². The zero-order chi connectivity index (χ0) is 10.9. The fraction of sp³-hybridized carbons (Fsp3) is 0.545. The lowest BCUT2D eigenvalue weighted by Crippen LogP contribution is -2.47. The zero-order valence-corrected chi connectivity index (χ0v) is 9.49. The van der Waals surface area contributed by atoms with Crippen LogP contribution in [0, 0.1) is 12.3 Å². The van der Waals surface area contributed by atoms with Crippen molar-refractivity contribution in [2.45, 2.75) is 20.8 Å². The molecule has 3 nitrogen and oxygen atoms in total. The fourth-order valence-corrected chi connectivity index (χ4v) is 1.59. The molecule has 0 bridgehead atoms. The lowest BCUT2D eigenvalue weighted by molar-refractivity contribution is 0.0343. The van der Waals surface area contributed by atoms with E-state index in [4.69, 9.17) is 9.31 Å². The largest absolute Gasteiger partial charge is 0.495 e. The van der Waals surface area contributed by atoms with Crippen LogP contribution in [-0.2, 0) is 9.31 Å². The normalized spacial score (nSPS) is 20.3. The van der Waals surface area contributed by atoms with E-state index in [1.54, 1.807) is 6.20 Å². The van der Waals surface area contributed by atoms with Crippen molar-refractivity contribution in [1.82, 2.24) is 4.98 Å². The van der Waals surface area contributed by atoms with Gasteiger partial charge in [0.1, 0.15) is 0 Å². The first kappa shape index (κ1) is 10.6. The summed E-state index contributed by atoms with van der Waals surface area (Å²) in [4.78, 5) is 4.14. The standard InChI is InChI=1S/C11H16BNO2/c1-9-4-10(6-13-5-9)12-14-7-11(2,3)8-15-12/h4-6H,7-8H2,1-3H3. The molecule has 1 fully saturated rings. The van der Waals surface area contributed by atoms with Gasteiger partial charge in [0.05, 0.1) is 0 Å². The Bertz CT molecular complexity index is 344. The quantitative estimate of drug-likeness (QED) is 0.644. The average molecular weight is 205 g/mol. The molecule has 80 valence electrons. The summed E-state index contributed by atoms with van der Waals surface area (Å²) >= 11 is 0. The molecule has 1 aromatic heterocycles. The van der Waals surface area contributed by atoms with E-state index in [9.17, 15) is 0 Å². The van der Waals surface area contributed by atoms with E-state index in [-0.39, 0.29) is 12.5 Å². The molecule has 1 saturated heterocycles. The maximum atomic E-state index is 5.67. The van der Waals surface area contributed by atoms with Crippen LogP contribution in [0.5, 0.6) is 0 Å². The van der Waals surface area contributed by atoms with E-state index in [0.717, 1.165) is 24.2 Å². The predicted octanol–water partition coefficient (Wildman–Crippen LogP) is 1.16. The molecule has 0 unspecified atom stereocenters. The fourth-order valence-electron chi connectivity index (χ4n) is 1.59. The molecule has 15 heavy (non-hydrogen) atoms. The number of aromatic nitrogens is 1. The Hall–Kier alpha value is -0.865. The molecule has 2 rings (SSSR count). The predicted molar refractivity (Wildman–Crippen MR) is 60.0 cm³/mol. The van der Waals surface area contributed by atoms with Crippen LogP contribution in [0.25, 0.3) is 0 Å². The maximum absolute atomic E-state index is 5.67. The highest BCUT2D eigenvalue weighted by Gasteiger charge is 2.33. The molecule has 0 atom stereocenters. The number of aryl methyl sites for hydroxylation is 1. The first-order valence-electron chi connectivity index (χ1n) is 5.22. The molecule has 0 N–H and O–H groups in total. The molecule has 4 heteroatoms. The van der Waals surface area contributed by atoms with E-state index in [2.05, 4.69) is 24.9 Å². The van der Waals surface area contributed by atoms with Crippen molar-refractivity contribution in [3.05, 3.63) is 24.0 Å². The summed E-state index contributed by atoms with van der Waals surface area (Å²) in [7, 11) is -0.245. The Kier molecular flexibility index (Phi) is 2.80. The van der Waals surface area contributed by atoms with Gasteiger partial charge in [-0.15, -0.1) is 0 Å². The Morgan fingerprint density at radius 1 is 1.27 bits per heavy atom. The first-order valence-corrected chi connectivity index (χ1v) is 5.22. The minimum atomic E-state index is -0.245. The van der Waals surface area contributed by atoms with E-state index in [1.807, 2.05) is 13.1 Å². The summed E-state index contributed by atoms with van der Waals surface area (Å²) in [6, 6.07) is 2.05. The second-order valence-electron chi connectivity index (χ2n) is 4.91. The van der Waals surface area contributed by atoms with Gasteiger partial charge in [0.15, 0.2) is 0 Å². The summed E-state index contributed by atoms with van der Waals surface area (Å²) < 4.78 is 11.3. The molecular weight excluding hydrogens is 189 g/mol. The Morgan fingerprint density at radius 3 is 2.53 bits per heavy atom. The smallest absolute Gasteiger partial charge is 0.407 e. The van der Waals surface area contributed by atoms with Crippen LogP contribution in [0.15, 0.2) is 18.5 Å². The van der Waals surface area contributed by atoms with E-state index < -0.39 is 0 Å². The Balaban J connectivity index is 2.08. The van der Waals surface area contributed by atoms with Gasteiger partial charge in [0, 0.05) is 36.5 Å². The van der Waals surface area contributed by atoms with Gasteiger partial charge < -0.3 is 9.31 Å². The topological polar surface area (TPSA) is 31.4 Å². The van der Waals surface area contributed by atoms with Crippen LogP contribution in [0.1, 0.15) is 19.4 Å². The third kappa shape index (κ3) is 2.58. The van der Waals surface area contributed by atoms with Crippen molar-refractivity contribution in [1.29, 1.82) is 0 Å². The molecule has 0 aliphatic carbocycles. The third-order valence-electron chi connectivity index (χ3n) is 2.42. The molecule has 0 aromatic carbocycles. The van der Waals surface area contributed by atoms with Crippen LogP contribution in [-0.4, -0.2) is 25.3 Å². The summed E-state index contributed by atoms with van der Waals surface area (Å²) in [5.41, 5.74) is 2.25. The first-order chi connectivity index (χ1) is 7.07. The van der Waals surface area contributed by atoms with Crippen molar-refractivity contribution >= 4 is 12.6 Å². The van der Waals surface area contributed by atoms with Crippen molar-refractivity contribution in [3.8, 4) is 0 Å². The van der Waals surface area contributed by atoms with Gasteiger partial charge in [-0.2, -0.15) is 0 Å². The molecule has 0 spiro atoms. The molecule has 0 amide bonds. The van der Waals surface area contributed by atoms with Gasteiger partial charge >= 0.3 is 7.12 Å². The van der Waals surface area contributed by atoms with Crippen molar-refractivity contribution in [2.24, 2.45) is 5.41 Å². The number of hydrogen-bond donors (Lipinski definition) is 0. The van der Waals surface area contributed by atoms with Gasteiger partial charge in [-0.25, -0.2) is 0 Å². The van der Waals surface area contributed by atoms with Gasteiger partial charge in [-0.05, 0) is 12.5 Å². The molecule has 1 aromatic rings. The Labute approximate surface area is 91.0 Å². The second kappa shape index (κ2) is 3.95. The van der Waals surface area contributed by atoms with Crippen LogP contribution >= 0.6 is 0 Å². The molecule has 1 aliphatic rings. The average Bonchev–Trinajstić information content (AvgIpc) is 2.17. The van der Waals surface area contributed by atoms with Crippen molar-refractivity contribution < 1.29 is 9.31 Å². The lowest BCUT2D eigenvalue weighted by atomic mass is 9.76. The summed E-state index contributed by atoms with van der Waals surface area (Å²) in [5.74, 6) is 0.